The van der Waals surface area contributed by atoms with Gasteiger partial charge in [0.2, 0.25) is 0 Å². The van der Waals surface area contributed by atoms with Crippen LogP contribution in [0.15, 0.2) is 12.5 Å². The fourth-order valence-electron chi connectivity index (χ4n) is 0.560. The highest BCUT2D eigenvalue weighted by atomic mass is 32.1. The molecule has 54 valence electrons. The summed E-state index contributed by atoms with van der Waals surface area (Å²) >= 11 is 3.75. The highest BCUT2D eigenvalue weighted by molar-refractivity contribution is 7.96. The monoisotopic (exact) mass is 156 g/mol. The van der Waals surface area contributed by atoms with Gasteiger partial charge in [0, 0.05) is 6.20 Å². The Kier molecular flexibility index (Phi) is 2.33. The predicted octanol–water partition coefficient (Wildman–Crippen LogP) is 0.364. The number of imidazole rings is 1. The topological polar surface area (TPSA) is 64.6 Å². The quantitative estimate of drug-likeness (QED) is 0.284. The van der Waals surface area contributed by atoms with Crippen LogP contribution in [0.25, 0.3) is 0 Å². The smallest absolute Gasteiger partial charge is 0.150 e. The molecule has 0 saturated heterocycles. The first kappa shape index (κ1) is 7.14. The fraction of sp³-hybridized carbons (Fsp3) is 0.200. The summed E-state index contributed by atoms with van der Waals surface area (Å²) in [6.45, 7) is 0.572. The minimum Gasteiger partial charge on any atom is -0.360 e. The average Bonchev–Trinajstić information content (AvgIpc) is 2.34. The molecule has 0 spiro atoms. The van der Waals surface area contributed by atoms with E-state index in [1.807, 2.05) is 0 Å². The third kappa shape index (κ3) is 2.10. The van der Waals surface area contributed by atoms with Crippen molar-refractivity contribution in [3.63, 3.8) is 0 Å². The molecule has 0 radical (unpaired) electrons. The predicted molar refractivity (Wildman–Crippen MR) is 42.1 cm³/mol. The Morgan fingerprint density at radius 1 is 1.90 bits per heavy atom. The maximum absolute atomic E-state index is 6.92. The van der Waals surface area contributed by atoms with Crippen molar-refractivity contribution in [2.24, 2.45) is 0 Å². The van der Waals surface area contributed by atoms with E-state index in [0.717, 1.165) is 5.69 Å². The maximum atomic E-state index is 6.92. The summed E-state index contributed by atoms with van der Waals surface area (Å²) in [6.07, 6.45) is 3.29. The van der Waals surface area contributed by atoms with E-state index in [-0.39, 0.29) is 5.17 Å². The minimum absolute atomic E-state index is 0.162. The molecule has 1 aromatic heterocycles. The summed E-state index contributed by atoms with van der Waals surface area (Å²) < 4.78 is 0. The maximum Gasteiger partial charge on any atom is 0.150 e. The second kappa shape index (κ2) is 3.26. The van der Waals surface area contributed by atoms with E-state index in [1.165, 1.54) is 0 Å². The molecule has 0 aliphatic rings. The first-order valence-corrected chi connectivity index (χ1v) is 3.22. The molecule has 0 bridgehead atoms. The number of hydrogen-bond acceptors (Lipinski definition) is 2. The molecule has 10 heavy (non-hydrogen) atoms. The van der Waals surface area contributed by atoms with Crippen LogP contribution in [0.2, 0.25) is 0 Å². The lowest BCUT2D eigenvalue weighted by Crippen LogP contribution is -2.16. The molecule has 0 unspecified atom stereocenters. The van der Waals surface area contributed by atoms with Crippen molar-refractivity contribution >= 4 is 17.8 Å². The van der Waals surface area contributed by atoms with Crippen molar-refractivity contribution in [1.82, 2.24) is 15.3 Å². The molecule has 0 aliphatic carbocycles. The molecular weight excluding hydrogens is 148 g/mol. The lowest BCUT2D eigenvalue weighted by molar-refractivity contribution is 0.890. The van der Waals surface area contributed by atoms with Crippen molar-refractivity contribution in [3.8, 4) is 0 Å². The van der Waals surface area contributed by atoms with Crippen molar-refractivity contribution in [1.29, 1.82) is 5.41 Å². The van der Waals surface area contributed by atoms with E-state index in [2.05, 4.69) is 27.9 Å². The molecule has 3 N–H and O–H groups in total. The number of rotatable bonds is 2. The van der Waals surface area contributed by atoms with Gasteiger partial charge in [-0.1, -0.05) is 0 Å². The number of nitrogens with zero attached hydrogens (tertiary/aromatic N) is 1. The summed E-state index contributed by atoms with van der Waals surface area (Å²) in [6, 6.07) is 0. The van der Waals surface area contributed by atoms with Crippen LogP contribution in [-0.4, -0.2) is 15.1 Å². The van der Waals surface area contributed by atoms with Crippen molar-refractivity contribution in [2.75, 3.05) is 0 Å². The van der Waals surface area contributed by atoms with Gasteiger partial charge in [0.1, 0.15) is 0 Å². The van der Waals surface area contributed by atoms with Crippen LogP contribution in [0, 0.1) is 5.41 Å². The zero-order chi connectivity index (χ0) is 7.40. The van der Waals surface area contributed by atoms with E-state index >= 15 is 0 Å². The number of hydrogen-bond donors (Lipinski definition) is 4. The molecular formula is C5H8N4S. The number of aromatic amines is 1. The Balaban J connectivity index is 2.35. The summed E-state index contributed by atoms with van der Waals surface area (Å²) in [5.41, 5.74) is 0.943. The van der Waals surface area contributed by atoms with Crippen LogP contribution < -0.4 is 5.32 Å². The van der Waals surface area contributed by atoms with Crippen molar-refractivity contribution in [3.05, 3.63) is 18.2 Å². The number of nitrogens with one attached hydrogen (secondary N) is 3. The molecule has 1 rings (SSSR count). The van der Waals surface area contributed by atoms with Crippen LogP contribution in [0.4, 0.5) is 0 Å². The highest BCUT2D eigenvalue weighted by Gasteiger charge is 1.91. The summed E-state index contributed by atoms with van der Waals surface area (Å²) in [7, 11) is 0. The van der Waals surface area contributed by atoms with E-state index in [9.17, 15) is 0 Å². The van der Waals surface area contributed by atoms with Gasteiger partial charge in [-0.05, 0) is 0 Å². The Morgan fingerprint density at radius 2 is 2.70 bits per heavy atom. The summed E-state index contributed by atoms with van der Waals surface area (Å²) in [5, 5.41) is 9.80. The third-order valence-corrected chi connectivity index (χ3v) is 1.16. The first-order valence-electron chi connectivity index (χ1n) is 2.77. The summed E-state index contributed by atoms with van der Waals surface area (Å²) in [4.78, 5) is 6.70. The van der Waals surface area contributed by atoms with Gasteiger partial charge < -0.3 is 10.3 Å². The zero-order valence-corrected chi connectivity index (χ0v) is 6.15. The Hall–Kier alpha value is -0.970. The fourth-order valence-corrected chi connectivity index (χ4v) is 0.639. The Morgan fingerprint density at radius 3 is 3.20 bits per heavy atom. The van der Waals surface area contributed by atoms with Crippen LogP contribution in [0.1, 0.15) is 5.69 Å². The SMILES string of the molecule is N=C(S)NCc1cnc[nH]1. The van der Waals surface area contributed by atoms with Gasteiger partial charge in [0.25, 0.3) is 0 Å². The number of H-pyrrole nitrogens is 1. The molecule has 1 heterocycles. The number of aromatic nitrogens is 2. The largest absolute Gasteiger partial charge is 0.360 e. The van der Waals surface area contributed by atoms with E-state index in [1.54, 1.807) is 12.5 Å². The molecule has 0 aliphatic heterocycles. The summed E-state index contributed by atoms with van der Waals surface area (Å²) in [5.74, 6) is 0. The molecule has 0 atom stereocenters. The van der Waals surface area contributed by atoms with Gasteiger partial charge in [-0.15, -0.1) is 12.6 Å². The average molecular weight is 156 g/mol. The minimum atomic E-state index is 0.162. The van der Waals surface area contributed by atoms with Gasteiger partial charge >= 0.3 is 0 Å². The van der Waals surface area contributed by atoms with E-state index in [4.69, 9.17) is 5.41 Å². The Bertz CT molecular complexity index is 205. The zero-order valence-electron chi connectivity index (χ0n) is 5.26. The molecule has 0 fully saturated rings. The van der Waals surface area contributed by atoms with Crippen LogP contribution in [0.3, 0.4) is 0 Å². The Labute approximate surface area is 64.0 Å². The van der Waals surface area contributed by atoms with Gasteiger partial charge in [-0.2, -0.15) is 0 Å². The second-order valence-corrected chi connectivity index (χ2v) is 2.23. The van der Waals surface area contributed by atoms with Crippen LogP contribution in [0.5, 0.6) is 0 Å². The van der Waals surface area contributed by atoms with Crippen molar-refractivity contribution < 1.29 is 0 Å². The van der Waals surface area contributed by atoms with Gasteiger partial charge in [0.05, 0.1) is 18.6 Å². The van der Waals surface area contributed by atoms with Crippen molar-refractivity contribution in [2.45, 2.75) is 6.54 Å². The lowest BCUT2D eigenvalue weighted by atomic mass is 10.5. The molecule has 0 aromatic carbocycles. The molecule has 1 aromatic rings. The van der Waals surface area contributed by atoms with Crippen LogP contribution in [-0.2, 0) is 6.54 Å². The lowest BCUT2D eigenvalue weighted by Gasteiger charge is -1.98. The highest BCUT2D eigenvalue weighted by Crippen LogP contribution is 1.88. The standard InChI is InChI=1S/C5H8N4S/c6-5(10)8-2-4-1-7-3-9-4/h1,3H,2H2,(H,7,9)(H3,6,8,10). The first-order chi connectivity index (χ1) is 4.79. The van der Waals surface area contributed by atoms with Crippen LogP contribution >= 0.6 is 12.6 Å². The molecule has 0 amide bonds. The molecule has 0 saturated carbocycles. The second-order valence-electron chi connectivity index (χ2n) is 1.78. The van der Waals surface area contributed by atoms with Gasteiger partial charge in [-0.25, -0.2) is 4.98 Å². The third-order valence-electron chi connectivity index (χ3n) is 1.00. The van der Waals surface area contributed by atoms with E-state index in [0.29, 0.717) is 6.54 Å². The normalized spacial score (nSPS) is 9.30. The van der Waals surface area contributed by atoms with Gasteiger partial charge in [-0.3, -0.25) is 5.41 Å². The number of thiol groups is 1. The number of amidine groups is 1. The van der Waals surface area contributed by atoms with Gasteiger partial charge in [0.15, 0.2) is 5.17 Å². The molecule has 5 heteroatoms. The van der Waals surface area contributed by atoms with E-state index < -0.39 is 0 Å². The molecule has 4 nitrogen and oxygen atoms in total.